The fraction of sp³-hybridized carbons (Fsp3) is 0.263. The van der Waals surface area contributed by atoms with Gasteiger partial charge in [0, 0.05) is 30.0 Å². The summed E-state index contributed by atoms with van der Waals surface area (Å²) in [4.78, 5) is 26.1. The minimum Gasteiger partial charge on any atom is -0.376 e. The summed E-state index contributed by atoms with van der Waals surface area (Å²) in [7, 11) is 0. The van der Waals surface area contributed by atoms with Gasteiger partial charge in [-0.3, -0.25) is 9.59 Å². The Morgan fingerprint density at radius 3 is 2.20 bits per heavy atom. The fourth-order valence-electron chi connectivity index (χ4n) is 2.37. The third-order valence-electron chi connectivity index (χ3n) is 3.67. The Morgan fingerprint density at radius 1 is 0.920 bits per heavy atom. The van der Waals surface area contributed by atoms with Crippen LogP contribution in [0.3, 0.4) is 0 Å². The van der Waals surface area contributed by atoms with Gasteiger partial charge in [0.1, 0.15) is 0 Å². The molecule has 0 fully saturated rings. The van der Waals surface area contributed by atoms with Crippen LogP contribution in [0.4, 0.5) is 11.4 Å². The van der Waals surface area contributed by atoms with Gasteiger partial charge in [-0.15, -0.1) is 12.4 Å². The maximum Gasteiger partial charge on any atom is 0.253 e. The minimum atomic E-state index is -0.161. The van der Waals surface area contributed by atoms with E-state index in [0.717, 1.165) is 5.69 Å². The summed E-state index contributed by atoms with van der Waals surface area (Å²) in [5.74, 6) is -0.190. The van der Waals surface area contributed by atoms with Crippen LogP contribution in [-0.4, -0.2) is 36.3 Å². The first-order chi connectivity index (χ1) is 11.6. The van der Waals surface area contributed by atoms with Gasteiger partial charge >= 0.3 is 0 Å². The molecule has 134 valence electrons. The number of benzene rings is 2. The molecule has 2 amide bonds. The molecule has 0 aliphatic rings. The highest BCUT2D eigenvalue weighted by Gasteiger charge is 2.13. The van der Waals surface area contributed by atoms with Crippen molar-refractivity contribution in [2.45, 2.75) is 13.8 Å². The highest BCUT2D eigenvalue weighted by Crippen LogP contribution is 2.13. The predicted molar refractivity (Wildman–Crippen MR) is 105 cm³/mol. The number of para-hydroxylation sites is 1. The Labute approximate surface area is 154 Å². The standard InChI is InChI=1S/C19H23N3O2.ClH/c1-3-22(4-2)19(24)15-9-8-12-17(13-15)21-18(23)14-20-16-10-6-5-7-11-16;/h5-13,20H,3-4,14H2,1-2H3,(H,21,23);1H. The van der Waals surface area contributed by atoms with Crippen LogP contribution >= 0.6 is 12.4 Å². The number of anilines is 2. The van der Waals surface area contributed by atoms with Crippen molar-refractivity contribution in [3.63, 3.8) is 0 Å². The van der Waals surface area contributed by atoms with Crippen molar-refractivity contribution in [1.82, 2.24) is 4.90 Å². The zero-order valence-corrected chi connectivity index (χ0v) is 15.3. The number of hydrogen-bond donors (Lipinski definition) is 2. The van der Waals surface area contributed by atoms with Crippen LogP contribution < -0.4 is 10.6 Å². The van der Waals surface area contributed by atoms with Crippen molar-refractivity contribution in [1.29, 1.82) is 0 Å². The first-order valence-electron chi connectivity index (χ1n) is 8.12. The van der Waals surface area contributed by atoms with Crippen molar-refractivity contribution in [3.05, 3.63) is 60.2 Å². The normalized spacial score (nSPS) is 9.68. The van der Waals surface area contributed by atoms with Crippen LogP contribution in [0.2, 0.25) is 0 Å². The minimum absolute atomic E-state index is 0. The largest absolute Gasteiger partial charge is 0.376 e. The highest BCUT2D eigenvalue weighted by molar-refractivity contribution is 5.98. The van der Waals surface area contributed by atoms with E-state index in [2.05, 4.69) is 10.6 Å². The maximum absolute atomic E-state index is 12.4. The van der Waals surface area contributed by atoms with E-state index in [4.69, 9.17) is 0 Å². The number of carbonyl (C=O) groups excluding carboxylic acids is 2. The molecule has 0 saturated carbocycles. The molecule has 0 unspecified atom stereocenters. The molecule has 2 aromatic rings. The molecule has 0 bridgehead atoms. The smallest absolute Gasteiger partial charge is 0.253 e. The van der Waals surface area contributed by atoms with Gasteiger partial charge in [-0.25, -0.2) is 0 Å². The number of rotatable bonds is 7. The fourth-order valence-corrected chi connectivity index (χ4v) is 2.37. The lowest BCUT2D eigenvalue weighted by Crippen LogP contribution is -2.30. The molecular formula is C19H24ClN3O2. The molecular weight excluding hydrogens is 338 g/mol. The highest BCUT2D eigenvalue weighted by atomic mass is 35.5. The summed E-state index contributed by atoms with van der Waals surface area (Å²) in [6, 6.07) is 16.6. The molecule has 5 nitrogen and oxygen atoms in total. The third kappa shape index (κ3) is 6.12. The molecule has 2 rings (SSSR count). The molecule has 0 radical (unpaired) electrons. The Hall–Kier alpha value is -2.53. The average molecular weight is 362 g/mol. The molecule has 0 heterocycles. The lowest BCUT2D eigenvalue weighted by molar-refractivity contribution is -0.114. The second-order valence-corrected chi connectivity index (χ2v) is 5.33. The summed E-state index contributed by atoms with van der Waals surface area (Å²) in [5.41, 5.74) is 2.08. The Morgan fingerprint density at radius 2 is 1.56 bits per heavy atom. The predicted octanol–water partition coefficient (Wildman–Crippen LogP) is 3.64. The van der Waals surface area contributed by atoms with E-state index in [0.29, 0.717) is 24.3 Å². The van der Waals surface area contributed by atoms with Gasteiger partial charge in [0.25, 0.3) is 5.91 Å². The van der Waals surface area contributed by atoms with Gasteiger partial charge in [-0.05, 0) is 44.2 Å². The molecule has 0 aliphatic heterocycles. The summed E-state index contributed by atoms with van der Waals surface area (Å²) >= 11 is 0. The van der Waals surface area contributed by atoms with E-state index < -0.39 is 0 Å². The first-order valence-corrected chi connectivity index (χ1v) is 8.12. The average Bonchev–Trinajstić information content (AvgIpc) is 2.62. The monoisotopic (exact) mass is 361 g/mol. The number of amides is 2. The van der Waals surface area contributed by atoms with Crippen molar-refractivity contribution in [2.24, 2.45) is 0 Å². The number of nitrogens with zero attached hydrogens (tertiary/aromatic N) is 1. The lowest BCUT2D eigenvalue weighted by Gasteiger charge is -2.19. The van der Waals surface area contributed by atoms with Crippen LogP contribution in [0.25, 0.3) is 0 Å². The molecule has 2 N–H and O–H groups in total. The van der Waals surface area contributed by atoms with Gasteiger partial charge in [0.2, 0.25) is 5.91 Å². The van der Waals surface area contributed by atoms with Crippen molar-refractivity contribution < 1.29 is 9.59 Å². The Bertz CT molecular complexity index is 688. The first kappa shape index (κ1) is 20.5. The molecule has 6 heteroatoms. The van der Waals surface area contributed by atoms with E-state index >= 15 is 0 Å². The van der Waals surface area contributed by atoms with Crippen molar-refractivity contribution in [3.8, 4) is 0 Å². The zero-order chi connectivity index (χ0) is 17.4. The van der Waals surface area contributed by atoms with Gasteiger partial charge < -0.3 is 15.5 Å². The lowest BCUT2D eigenvalue weighted by atomic mass is 10.1. The van der Waals surface area contributed by atoms with Crippen molar-refractivity contribution in [2.75, 3.05) is 30.3 Å². The van der Waals surface area contributed by atoms with E-state index in [-0.39, 0.29) is 30.8 Å². The summed E-state index contributed by atoms with van der Waals surface area (Å²) in [6.07, 6.45) is 0. The van der Waals surface area contributed by atoms with E-state index in [1.165, 1.54) is 0 Å². The molecule has 0 saturated heterocycles. The molecule has 0 atom stereocenters. The quantitative estimate of drug-likeness (QED) is 0.791. The Balaban J connectivity index is 0.00000312. The van der Waals surface area contributed by atoms with Gasteiger partial charge in [-0.1, -0.05) is 24.3 Å². The van der Waals surface area contributed by atoms with Crippen LogP contribution in [0, 0.1) is 0 Å². The molecule has 0 aromatic heterocycles. The summed E-state index contributed by atoms with van der Waals surface area (Å²) in [5, 5.41) is 5.86. The second kappa shape index (κ2) is 10.4. The van der Waals surface area contributed by atoms with E-state index in [9.17, 15) is 9.59 Å². The van der Waals surface area contributed by atoms with E-state index in [1.807, 2.05) is 44.2 Å². The number of nitrogens with one attached hydrogen (secondary N) is 2. The zero-order valence-electron chi connectivity index (χ0n) is 14.5. The SMILES string of the molecule is CCN(CC)C(=O)c1cccc(NC(=O)CNc2ccccc2)c1.Cl. The van der Waals surface area contributed by atoms with Gasteiger partial charge in [0.15, 0.2) is 0 Å². The van der Waals surface area contributed by atoms with Gasteiger partial charge in [0.05, 0.1) is 6.54 Å². The number of halogens is 1. The van der Waals surface area contributed by atoms with E-state index in [1.54, 1.807) is 29.2 Å². The summed E-state index contributed by atoms with van der Waals surface area (Å²) < 4.78 is 0. The Kier molecular flexibility index (Phi) is 8.50. The molecule has 0 aliphatic carbocycles. The second-order valence-electron chi connectivity index (χ2n) is 5.33. The van der Waals surface area contributed by atoms with Crippen LogP contribution in [-0.2, 0) is 4.79 Å². The molecule has 2 aromatic carbocycles. The third-order valence-corrected chi connectivity index (χ3v) is 3.67. The molecule has 25 heavy (non-hydrogen) atoms. The number of carbonyl (C=O) groups is 2. The van der Waals surface area contributed by atoms with Crippen LogP contribution in [0.5, 0.6) is 0 Å². The maximum atomic E-state index is 12.4. The van der Waals surface area contributed by atoms with Crippen molar-refractivity contribution >= 4 is 35.6 Å². The topological polar surface area (TPSA) is 61.4 Å². The summed E-state index contributed by atoms with van der Waals surface area (Å²) in [6.45, 7) is 5.38. The van der Waals surface area contributed by atoms with Crippen LogP contribution in [0.15, 0.2) is 54.6 Å². The van der Waals surface area contributed by atoms with Gasteiger partial charge in [-0.2, -0.15) is 0 Å². The van der Waals surface area contributed by atoms with Crippen LogP contribution in [0.1, 0.15) is 24.2 Å². The molecule has 0 spiro atoms. The number of hydrogen-bond acceptors (Lipinski definition) is 3.